The van der Waals surface area contributed by atoms with Gasteiger partial charge in [-0.15, -0.1) is 0 Å². The molecular weight excluding hydrogens is 390 g/mol. The number of para-hydroxylation sites is 1. The van der Waals surface area contributed by atoms with Crippen LogP contribution in [0.15, 0.2) is 79.1 Å². The van der Waals surface area contributed by atoms with Gasteiger partial charge in [0.25, 0.3) is 5.91 Å². The summed E-state index contributed by atoms with van der Waals surface area (Å²) in [6, 6.07) is 21.1. The van der Waals surface area contributed by atoms with Crippen molar-refractivity contribution in [2.24, 2.45) is 0 Å². The summed E-state index contributed by atoms with van der Waals surface area (Å²) < 4.78 is 7.62. The number of nitrogens with zero attached hydrogens (tertiary/aromatic N) is 2. The first-order valence-corrected chi connectivity index (χ1v) is 10.7. The zero-order chi connectivity index (χ0) is 21.5. The van der Waals surface area contributed by atoms with E-state index in [2.05, 4.69) is 5.32 Å². The smallest absolute Gasteiger partial charge is 0.251 e. The molecule has 2 aromatic carbocycles. The van der Waals surface area contributed by atoms with Gasteiger partial charge in [-0.05, 0) is 61.4 Å². The minimum absolute atomic E-state index is 0.0694. The standard InChI is InChI=1S/C25H27N3O3/c29-24(14-19-31-23-6-2-1-3-7-23)28-17-12-21(13-18-28)26-25(30)20-8-10-22(11-9-20)27-15-4-5-16-27/h1-11,15-16,21H,12-14,17-19H2,(H,26,30). The molecule has 1 aliphatic rings. The van der Waals surface area contributed by atoms with Gasteiger partial charge < -0.3 is 19.5 Å². The average molecular weight is 418 g/mol. The van der Waals surface area contributed by atoms with Gasteiger partial charge in [0.05, 0.1) is 13.0 Å². The predicted molar refractivity (Wildman–Crippen MR) is 119 cm³/mol. The Bertz CT molecular complexity index is 977. The number of hydrogen-bond acceptors (Lipinski definition) is 3. The van der Waals surface area contributed by atoms with Crippen molar-refractivity contribution in [1.29, 1.82) is 0 Å². The summed E-state index contributed by atoms with van der Waals surface area (Å²) in [6.45, 7) is 1.68. The van der Waals surface area contributed by atoms with E-state index in [4.69, 9.17) is 4.74 Å². The first-order chi connectivity index (χ1) is 15.2. The molecule has 160 valence electrons. The molecule has 6 heteroatoms. The fraction of sp³-hybridized carbons (Fsp3) is 0.280. The molecule has 0 unspecified atom stereocenters. The molecule has 2 heterocycles. The van der Waals surface area contributed by atoms with Crippen LogP contribution in [0.3, 0.4) is 0 Å². The van der Waals surface area contributed by atoms with Crippen LogP contribution in [-0.4, -0.2) is 47.0 Å². The normalized spacial score (nSPS) is 14.3. The van der Waals surface area contributed by atoms with Crippen molar-refractivity contribution < 1.29 is 14.3 Å². The Labute approximate surface area is 182 Å². The van der Waals surface area contributed by atoms with E-state index >= 15 is 0 Å². The number of amides is 2. The molecule has 0 aliphatic carbocycles. The molecule has 0 bridgehead atoms. The minimum Gasteiger partial charge on any atom is -0.493 e. The lowest BCUT2D eigenvalue weighted by molar-refractivity contribution is -0.132. The molecule has 1 aliphatic heterocycles. The molecule has 1 aromatic heterocycles. The van der Waals surface area contributed by atoms with Crippen LogP contribution >= 0.6 is 0 Å². The summed E-state index contributed by atoms with van der Waals surface area (Å²) in [6.07, 6.45) is 5.83. The van der Waals surface area contributed by atoms with Crippen molar-refractivity contribution in [2.75, 3.05) is 19.7 Å². The zero-order valence-corrected chi connectivity index (χ0v) is 17.4. The largest absolute Gasteiger partial charge is 0.493 e. The SMILES string of the molecule is O=C(NC1CCN(C(=O)CCOc2ccccc2)CC1)c1ccc(-n2cccc2)cc1. The number of ether oxygens (including phenoxy) is 1. The molecular formula is C25H27N3O3. The summed E-state index contributed by atoms with van der Waals surface area (Å²) in [7, 11) is 0. The molecule has 2 amide bonds. The molecule has 1 N–H and O–H groups in total. The lowest BCUT2D eigenvalue weighted by Crippen LogP contribution is -2.46. The Morgan fingerprint density at radius 2 is 1.58 bits per heavy atom. The van der Waals surface area contributed by atoms with E-state index in [1.54, 1.807) is 0 Å². The second kappa shape index (κ2) is 9.98. The van der Waals surface area contributed by atoms with Gasteiger partial charge in [-0.3, -0.25) is 9.59 Å². The van der Waals surface area contributed by atoms with Crippen LogP contribution < -0.4 is 10.1 Å². The number of nitrogens with one attached hydrogen (secondary N) is 1. The zero-order valence-electron chi connectivity index (χ0n) is 17.4. The summed E-state index contributed by atoms with van der Waals surface area (Å²) in [4.78, 5) is 26.9. The van der Waals surface area contributed by atoms with Gasteiger partial charge in [0.2, 0.25) is 5.91 Å². The van der Waals surface area contributed by atoms with Crippen molar-refractivity contribution in [2.45, 2.75) is 25.3 Å². The number of likely N-dealkylation sites (tertiary alicyclic amines) is 1. The van der Waals surface area contributed by atoms with Gasteiger partial charge >= 0.3 is 0 Å². The predicted octanol–water partition coefficient (Wildman–Crippen LogP) is 3.67. The highest BCUT2D eigenvalue weighted by molar-refractivity contribution is 5.94. The van der Waals surface area contributed by atoms with E-state index in [1.165, 1.54) is 0 Å². The molecule has 0 saturated carbocycles. The lowest BCUT2D eigenvalue weighted by atomic mass is 10.0. The first-order valence-electron chi connectivity index (χ1n) is 10.7. The number of benzene rings is 2. The highest BCUT2D eigenvalue weighted by atomic mass is 16.5. The van der Waals surface area contributed by atoms with E-state index in [0.29, 0.717) is 31.7 Å². The van der Waals surface area contributed by atoms with Gasteiger partial charge in [-0.25, -0.2) is 0 Å². The number of carbonyl (C=O) groups excluding carboxylic acids is 2. The van der Waals surface area contributed by atoms with Gasteiger partial charge in [0.1, 0.15) is 5.75 Å². The Morgan fingerprint density at radius 1 is 0.903 bits per heavy atom. The van der Waals surface area contributed by atoms with E-state index in [9.17, 15) is 9.59 Å². The van der Waals surface area contributed by atoms with Crippen molar-refractivity contribution in [3.05, 3.63) is 84.7 Å². The van der Waals surface area contributed by atoms with Gasteiger partial charge in [-0.2, -0.15) is 0 Å². The van der Waals surface area contributed by atoms with Crippen molar-refractivity contribution in [3.63, 3.8) is 0 Å². The van der Waals surface area contributed by atoms with Gasteiger partial charge in [0.15, 0.2) is 0 Å². The summed E-state index contributed by atoms with van der Waals surface area (Å²) in [5, 5.41) is 3.11. The number of piperidine rings is 1. The number of aromatic nitrogens is 1. The summed E-state index contributed by atoms with van der Waals surface area (Å²) in [5.41, 5.74) is 1.66. The van der Waals surface area contributed by atoms with Crippen LogP contribution in [0.4, 0.5) is 0 Å². The van der Waals surface area contributed by atoms with E-state index < -0.39 is 0 Å². The molecule has 1 fully saturated rings. The van der Waals surface area contributed by atoms with Crippen molar-refractivity contribution in [1.82, 2.24) is 14.8 Å². The molecule has 1 saturated heterocycles. The third kappa shape index (κ3) is 5.54. The molecule has 31 heavy (non-hydrogen) atoms. The van der Waals surface area contributed by atoms with Crippen LogP contribution in [0.1, 0.15) is 29.6 Å². The molecule has 6 nitrogen and oxygen atoms in total. The average Bonchev–Trinajstić information content (AvgIpc) is 3.35. The maximum Gasteiger partial charge on any atom is 0.251 e. The maximum atomic E-state index is 12.6. The Morgan fingerprint density at radius 3 is 2.26 bits per heavy atom. The van der Waals surface area contributed by atoms with Gasteiger partial charge in [-0.1, -0.05) is 18.2 Å². The Hall–Kier alpha value is -3.54. The second-order valence-electron chi connectivity index (χ2n) is 7.68. The second-order valence-corrected chi connectivity index (χ2v) is 7.68. The lowest BCUT2D eigenvalue weighted by Gasteiger charge is -2.32. The molecule has 0 spiro atoms. The highest BCUT2D eigenvalue weighted by Crippen LogP contribution is 2.15. The van der Waals surface area contributed by atoms with Crippen molar-refractivity contribution in [3.8, 4) is 11.4 Å². The number of hydrogen-bond donors (Lipinski definition) is 1. The number of rotatable bonds is 7. The molecule has 4 rings (SSSR count). The summed E-state index contributed by atoms with van der Waals surface area (Å²) >= 11 is 0. The quantitative estimate of drug-likeness (QED) is 0.638. The fourth-order valence-corrected chi connectivity index (χ4v) is 3.76. The van der Waals surface area contributed by atoms with Crippen LogP contribution in [0, 0.1) is 0 Å². The third-order valence-corrected chi connectivity index (χ3v) is 5.54. The Kier molecular flexibility index (Phi) is 6.67. The third-order valence-electron chi connectivity index (χ3n) is 5.54. The topological polar surface area (TPSA) is 63.6 Å². The summed E-state index contributed by atoms with van der Waals surface area (Å²) in [5.74, 6) is 0.805. The van der Waals surface area contributed by atoms with Gasteiger partial charge in [0, 0.05) is 42.8 Å². The van der Waals surface area contributed by atoms with E-state index in [1.807, 2.05) is 88.6 Å². The van der Waals surface area contributed by atoms with Crippen molar-refractivity contribution >= 4 is 11.8 Å². The molecule has 3 aromatic rings. The minimum atomic E-state index is -0.0694. The van der Waals surface area contributed by atoms with Crippen LogP contribution in [0.5, 0.6) is 5.75 Å². The molecule has 0 radical (unpaired) electrons. The van der Waals surface area contributed by atoms with Crippen LogP contribution in [0.25, 0.3) is 5.69 Å². The van der Waals surface area contributed by atoms with Crippen LogP contribution in [-0.2, 0) is 4.79 Å². The first kappa shape index (κ1) is 20.7. The number of carbonyl (C=O) groups is 2. The highest BCUT2D eigenvalue weighted by Gasteiger charge is 2.24. The maximum absolute atomic E-state index is 12.6. The van der Waals surface area contributed by atoms with E-state index in [0.717, 1.165) is 24.3 Å². The Balaban J connectivity index is 1.20. The van der Waals surface area contributed by atoms with Crippen LogP contribution in [0.2, 0.25) is 0 Å². The monoisotopic (exact) mass is 417 g/mol. The van der Waals surface area contributed by atoms with E-state index in [-0.39, 0.29) is 17.9 Å². The fourth-order valence-electron chi connectivity index (χ4n) is 3.76. The molecule has 0 atom stereocenters.